The highest BCUT2D eigenvalue weighted by molar-refractivity contribution is 5.91. The van der Waals surface area contributed by atoms with E-state index in [-0.39, 0.29) is 12.5 Å². The molecular formula is C40H56FNO5. The Bertz CT molecular complexity index is 1230. The standard InChI is InChI=1S/C40H56FNO5/c1-3-5-7-8-9-10-11-12-13-14-28-45-38-27-22-33(29-34(38)30-42)39(43)46-35-23-18-31(19-24-35)16-17-32-20-25-36(26-21-32)47-40(44)37(41)15-6-4-2/h18-19,22-24,27,29,32,36-37H,3-17,20-21,25-26,28H2,1-2H3/t32?,36?,37-/m1/s1. The Hall–Kier alpha value is -3.40. The van der Waals surface area contributed by atoms with Crippen LogP contribution in [0.3, 0.4) is 0 Å². The summed E-state index contributed by atoms with van der Waals surface area (Å²) in [5.41, 5.74) is 1.79. The van der Waals surface area contributed by atoms with Gasteiger partial charge in [0.25, 0.3) is 0 Å². The number of nitriles is 1. The van der Waals surface area contributed by atoms with Gasteiger partial charge in [0.2, 0.25) is 0 Å². The molecule has 0 heterocycles. The third-order valence-corrected chi connectivity index (χ3v) is 9.21. The van der Waals surface area contributed by atoms with Crippen LogP contribution < -0.4 is 9.47 Å². The SMILES string of the molecule is CCCCCCCCCCCCOc1ccc(C(=O)Oc2ccc(CCC3CCC(OC(=O)[C@H](F)CCCC)CC3)cc2)cc1C#N. The first-order valence-electron chi connectivity index (χ1n) is 18.3. The fourth-order valence-electron chi connectivity index (χ4n) is 6.18. The van der Waals surface area contributed by atoms with Gasteiger partial charge in [0.15, 0.2) is 6.17 Å². The van der Waals surface area contributed by atoms with E-state index >= 15 is 0 Å². The Kier molecular flexibility index (Phi) is 18.0. The topological polar surface area (TPSA) is 85.6 Å². The van der Waals surface area contributed by atoms with Crippen molar-refractivity contribution in [3.63, 3.8) is 0 Å². The highest BCUT2D eigenvalue weighted by Gasteiger charge is 2.27. The van der Waals surface area contributed by atoms with Crippen LogP contribution in [0.1, 0.15) is 151 Å². The molecule has 0 saturated heterocycles. The third-order valence-electron chi connectivity index (χ3n) is 9.21. The van der Waals surface area contributed by atoms with Crippen molar-refractivity contribution in [2.75, 3.05) is 6.61 Å². The highest BCUT2D eigenvalue weighted by atomic mass is 19.1. The van der Waals surface area contributed by atoms with E-state index in [2.05, 4.69) is 13.0 Å². The smallest absolute Gasteiger partial charge is 0.343 e. The van der Waals surface area contributed by atoms with Crippen LogP contribution in [-0.4, -0.2) is 30.8 Å². The van der Waals surface area contributed by atoms with Gasteiger partial charge in [-0.2, -0.15) is 5.26 Å². The average molecular weight is 650 g/mol. The number of halogens is 1. The number of carbonyl (C=O) groups is 2. The Morgan fingerprint density at radius 3 is 2.13 bits per heavy atom. The minimum Gasteiger partial charge on any atom is -0.492 e. The first-order valence-corrected chi connectivity index (χ1v) is 18.3. The molecule has 1 atom stereocenters. The molecule has 0 aromatic heterocycles. The molecule has 0 aliphatic heterocycles. The molecule has 0 bridgehead atoms. The second kappa shape index (κ2) is 22.2. The van der Waals surface area contributed by atoms with Crippen LogP contribution in [0, 0.1) is 17.2 Å². The molecule has 0 spiro atoms. The Morgan fingerprint density at radius 2 is 1.49 bits per heavy atom. The van der Waals surface area contributed by atoms with Gasteiger partial charge >= 0.3 is 11.9 Å². The highest BCUT2D eigenvalue weighted by Crippen LogP contribution is 2.30. The number of benzene rings is 2. The molecule has 0 amide bonds. The lowest BCUT2D eigenvalue weighted by molar-refractivity contribution is -0.157. The van der Waals surface area contributed by atoms with Crippen molar-refractivity contribution in [3.8, 4) is 17.6 Å². The number of nitrogens with zero attached hydrogens (tertiary/aromatic N) is 1. The molecule has 2 aromatic rings. The predicted molar refractivity (Wildman–Crippen MR) is 184 cm³/mol. The number of unbranched alkanes of at least 4 members (excludes halogenated alkanes) is 10. The van der Waals surface area contributed by atoms with E-state index < -0.39 is 18.1 Å². The van der Waals surface area contributed by atoms with Crippen LogP contribution in [0.4, 0.5) is 4.39 Å². The van der Waals surface area contributed by atoms with E-state index in [1.807, 2.05) is 19.1 Å². The summed E-state index contributed by atoms with van der Waals surface area (Å²) in [4.78, 5) is 24.8. The van der Waals surface area contributed by atoms with Gasteiger partial charge in [0.1, 0.15) is 23.7 Å². The fourth-order valence-corrected chi connectivity index (χ4v) is 6.18. The van der Waals surface area contributed by atoms with Gasteiger partial charge in [-0.3, -0.25) is 0 Å². The van der Waals surface area contributed by atoms with Gasteiger partial charge in [-0.05, 0) is 93.2 Å². The van der Waals surface area contributed by atoms with Crippen molar-refractivity contribution in [1.82, 2.24) is 0 Å². The zero-order chi connectivity index (χ0) is 33.7. The lowest BCUT2D eigenvalue weighted by atomic mass is 9.83. The molecule has 0 N–H and O–H groups in total. The molecule has 0 radical (unpaired) electrons. The van der Waals surface area contributed by atoms with Crippen molar-refractivity contribution in [2.24, 2.45) is 5.92 Å². The molecule has 1 aliphatic rings. The van der Waals surface area contributed by atoms with Crippen molar-refractivity contribution >= 4 is 11.9 Å². The van der Waals surface area contributed by atoms with Gasteiger partial charge in [-0.25, -0.2) is 14.0 Å². The summed E-state index contributed by atoms with van der Waals surface area (Å²) < 4.78 is 30.8. The Morgan fingerprint density at radius 1 is 0.851 bits per heavy atom. The van der Waals surface area contributed by atoms with Crippen molar-refractivity contribution in [2.45, 2.75) is 148 Å². The number of hydrogen-bond donors (Lipinski definition) is 0. The Balaban J connectivity index is 1.34. The monoisotopic (exact) mass is 649 g/mol. The van der Waals surface area contributed by atoms with E-state index in [4.69, 9.17) is 14.2 Å². The summed E-state index contributed by atoms with van der Waals surface area (Å²) in [5.74, 6) is 0.270. The first kappa shape index (κ1) is 38.1. The molecule has 0 unspecified atom stereocenters. The Labute approximate surface area is 282 Å². The van der Waals surface area contributed by atoms with Gasteiger partial charge in [-0.15, -0.1) is 0 Å². The van der Waals surface area contributed by atoms with Crippen LogP contribution in [0.15, 0.2) is 42.5 Å². The van der Waals surface area contributed by atoms with E-state index in [0.29, 0.717) is 41.6 Å². The maximum atomic E-state index is 13.9. The zero-order valence-corrected chi connectivity index (χ0v) is 28.8. The minimum absolute atomic E-state index is 0.171. The summed E-state index contributed by atoms with van der Waals surface area (Å²) in [5, 5.41) is 9.64. The second-order valence-corrected chi connectivity index (χ2v) is 13.1. The lowest BCUT2D eigenvalue weighted by Crippen LogP contribution is -2.29. The molecule has 1 aliphatic carbocycles. The number of alkyl halides is 1. The van der Waals surface area contributed by atoms with Gasteiger partial charge in [0.05, 0.1) is 17.7 Å². The zero-order valence-electron chi connectivity index (χ0n) is 28.8. The third kappa shape index (κ3) is 14.5. The van der Waals surface area contributed by atoms with Gasteiger partial charge in [-0.1, -0.05) is 96.6 Å². The molecule has 3 rings (SSSR count). The molecule has 1 fully saturated rings. The molecule has 6 nitrogen and oxygen atoms in total. The number of hydrogen-bond acceptors (Lipinski definition) is 6. The van der Waals surface area contributed by atoms with E-state index in [1.54, 1.807) is 24.3 Å². The summed E-state index contributed by atoms with van der Waals surface area (Å²) in [7, 11) is 0. The fraction of sp³-hybridized carbons (Fsp3) is 0.625. The maximum Gasteiger partial charge on any atom is 0.343 e. The quantitative estimate of drug-likeness (QED) is 0.0717. The van der Waals surface area contributed by atoms with Gasteiger partial charge in [0, 0.05) is 0 Å². The lowest BCUT2D eigenvalue weighted by Gasteiger charge is -2.28. The molecule has 1 saturated carbocycles. The minimum atomic E-state index is -1.51. The summed E-state index contributed by atoms with van der Waals surface area (Å²) >= 11 is 0. The number of carbonyl (C=O) groups excluding carboxylic acids is 2. The average Bonchev–Trinajstić information content (AvgIpc) is 3.09. The molecular weight excluding hydrogens is 593 g/mol. The second-order valence-electron chi connectivity index (χ2n) is 13.1. The molecule has 2 aromatic carbocycles. The van der Waals surface area contributed by atoms with Crippen molar-refractivity contribution in [1.29, 1.82) is 5.26 Å². The van der Waals surface area contributed by atoms with Crippen LogP contribution >= 0.6 is 0 Å². The van der Waals surface area contributed by atoms with Crippen molar-refractivity contribution in [3.05, 3.63) is 59.2 Å². The predicted octanol–water partition coefficient (Wildman–Crippen LogP) is 10.6. The molecule has 7 heteroatoms. The summed E-state index contributed by atoms with van der Waals surface area (Å²) in [6, 6.07) is 14.5. The van der Waals surface area contributed by atoms with E-state index in [1.165, 1.54) is 57.4 Å². The number of aryl methyl sites for hydroxylation is 1. The molecule has 47 heavy (non-hydrogen) atoms. The summed E-state index contributed by atoms with van der Waals surface area (Å²) in [6.45, 7) is 4.77. The normalized spacial score (nSPS) is 16.6. The maximum absolute atomic E-state index is 13.9. The van der Waals surface area contributed by atoms with E-state index in [9.17, 15) is 19.2 Å². The van der Waals surface area contributed by atoms with Crippen LogP contribution in [-0.2, 0) is 16.0 Å². The molecule has 258 valence electrons. The van der Waals surface area contributed by atoms with Crippen molar-refractivity contribution < 1.29 is 28.2 Å². The number of ether oxygens (including phenoxy) is 3. The summed E-state index contributed by atoms with van der Waals surface area (Å²) in [6.07, 6.45) is 18.0. The number of rotatable bonds is 22. The number of esters is 2. The van der Waals surface area contributed by atoms with Crippen LogP contribution in [0.5, 0.6) is 11.5 Å². The first-order chi connectivity index (χ1) is 22.9. The van der Waals surface area contributed by atoms with Crippen LogP contribution in [0.2, 0.25) is 0 Å². The largest absolute Gasteiger partial charge is 0.492 e. The van der Waals surface area contributed by atoms with E-state index in [0.717, 1.165) is 63.4 Å². The van der Waals surface area contributed by atoms with Gasteiger partial charge < -0.3 is 14.2 Å². The van der Waals surface area contributed by atoms with Crippen LogP contribution in [0.25, 0.3) is 0 Å².